The Labute approximate surface area is 205 Å². The van der Waals surface area contributed by atoms with Gasteiger partial charge in [0.25, 0.3) is 0 Å². The van der Waals surface area contributed by atoms with Gasteiger partial charge in [-0.1, -0.05) is 0 Å². The third-order valence-electron chi connectivity index (χ3n) is 6.30. The molecule has 0 radical (unpaired) electrons. The highest BCUT2D eigenvalue weighted by Crippen LogP contribution is 2.30. The number of aliphatic hydroxyl groups is 9. The van der Waals surface area contributed by atoms with Crippen LogP contribution in [0.5, 0.6) is 0 Å². The van der Waals surface area contributed by atoms with E-state index < -0.39 is 111 Å². The Balaban J connectivity index is 1.69. The molecule has 3 aliphatic rings. The number of esters is 1. The summed E-state index contributed by atoms with van der Waals surface area (Å²) in [5, 5.41) is 90.4. The normalized spacial score (nSPS) is 50.0. The van der Waals surface area contributed by atoms with Gasteiger partial charge in [0.1, 0.15) is 73.8 Å². The van der Waals surface area contributed by atoms with E-state index in [0.29, 0.717) is 0 Å². The molecule has 3 fully saturated rings. The maximum atomic E-state index is 11.3. The van der Waals surface area contributed by atoms with Gasteiger partial charge in [-0.25, -0.2) is 0 Å². The lowest BCUT2D eigenvalue weighted by Gasteiger charge is -2.46. The molecule has 3 heterocycles. The van der Waals surface area contributed by atoms with Crippen molar-refractivity contribution in [3.05, 3.63) is 0 Å². The van der Waals surface area contributed by atoms with Crippen LogP contribution in [0.4, 0.5) is 0 Å². The fraction of sp³-hybridized carbons (Fsp3) is 0.950. The van der Waals surface area contributed by atoms with Crippen molar-refractivity contribution in [1.29, 1.82) is 0 Å². The zero-order chi connectivity index (χ0) is 26.9. The Morgan fingerprint density at radius 2 is 1.28 bits per heavy atom. The van der Waals surface area contributed by atoms with E-state index in [2.05, 4.69) is 0 Å². The van der Waals surface area contributed by atoms with Crippen LogP contribution in [0.1, 0.15) is 13.8 Å². The molecule has 3 saturated heterocycles. The Morgan fingerprint density at radius 3 is 1.92 bits per heavy atom. The smallest absolute Gasteiger partial charge is 0.302 e. The first kappa shape index (κ1) is 29.5. The van der Waals surface area contributed by atoms with Gasteiger partial charge in [-0.2, -0.15) is 0 Å². The topological polar surface area (TPSA) is 255 Å². The molecule has 16 nitrogen and oxygen atoms in total. The number of hydrogen-bond acceptors (Lipinski definition) is 16. The average Bonchev–Trinajstić information content (AvgIpc) is 2.83. The Hall–Kier alpha value is -1.09. The van der Waals surface area contributed by atoms with Gasteiger partial charge in [-0.05, 0) is 6.92 Å². The summed E-state index contributed by atoms with van der Waals surface area (Å²) >= 11 is 0. The SMILES string of the molecule is CC(=O)OC[C@H]1O[C@@H](OC[C@H]2OC(O)[C@H](O)[C@@H](O)[C@@H]2O)[C@H](O)[C@@H](O)[C@@H]1O[C@@H]1O[C@@H](C)[C@H](O)[C@@H](O)[C@H]1O. The van der Waals surface area contributed by atoms with E-state index in [1.54, 1.807) is 0 Å². The van der Waals surface area contributed by atoms with E-state index in [1.165, 1.54) is 6.92 Å². The molecule has 9 N–H and O–H groups in total. The van der Waals surface area contributed by atoms with Crippen LogP contribution in [-0.4, -0.2) is 157 Å². The van der Waals surface area contributed by atoms with E-state index in [-0.39, 0.29) is 0 Å². The highest BCUT2D eigenvalue weighted by molar-refractivity contribution is 5.65. The molecular formula is C20H34O16. The van der Waals surface area contributed by atoms with Gasteiger partial charge < -0.3 is 74.4 Å². The van der Waals surface area contributed by atoms with Gasteiger partial charge >= 0.3 is 5.97 Å². The van der Waals surface area contributed by atoms with Crippen molar-refractivity contribution < 1.29 is 79.2 Å². The minimum absolute atomic E-state index is 0.501. The molecule has 0 spiro atoms. The molecule has 0 bridgehead atoms. The van der Waals surface area contributed by atoms with Gasteiger partial charge in [0.05, 0.1) is 12.7 Å². The van der Waals surface area contributed by atoms with Crippen molar-refractivity contribution >= 4 is 5.97 Å². The van der Waals surface area contributed by atoms with Crippen LogP contribution in [0, 0.1) is 0 Å². The van der Waals surface area contributed by atoms with Crippen LogP contribution in [0.15, 0.2) is 0 Å². The van der Waals surface area contributed by atoms with Crippen molar-refractivity contribution in [1.82, 2.24) is 0 Å². The summed E-state index contributed by atoms with van der Waals surface area (Å²) in [6, 6.07) is 0. The molecule has 0 aromatic heterocycles. The van der Waals surface area contributed by atoms with E-state index in [0.717, 1.165) is 6.92 Å². The molecule has 210 valence electrons. The van der Waals surface area contributed by atoms with Gasteiger partial charge in [-0.15, -0.1) is 0 Å². The molecule has 3 rings (SSSR count). The maximum Gasteiger partial charge on any atom is 0.302 e. The summed E-state index contributed by atoms with van der Waals surface area (Å²) < 4.78 is 31.8. The fourth-order valence-corrected chi connectivity index (χ4v) is 4.08. The lowest BCUT2D eigenvalue weighted by Crippen LogP contribution is -2.64. The lowest BCUT2D eigenvalue weighted by atomic mass is 9.97. The summed E-state index contributed by atoms with van der Waals surface area (Å²) in [5.41, 5.74) is 0. The van der Waals surface area contributed by atoms with Crippen LogP contribution in [-0.2, 0) is 33.2 Å². The largest absolute Gasteiger partial charge is 0.463 e. The molecule has 1 unspecified atom stereocenters. The van der Waals surface area contributed by atoms with Crippen LogP contribution in [0.3, 0.4) is 0 Å². The summed E-state index contributed by atoms with van der Waals surface area (Å²) in [4.78, 5) is 11.3. The van der Waals surface area contributed by atoms with Gasteiger partial charge in [0.15, 0.2) is 18.9 Å². The second kappa shape index (κ2) is 12.2. The van der Waals surface area contributed by atoms with Crippen molar-refractivity contribution in [3.8, 4) is 0 Å². The zero-order valence-corrected chi connectivity index (χ0v) is 19.5. The average molecular weight is 530 g/mol. The highest BCUT2D eigenvalue weighted by atomic mass is 16.7. The quantitative estimate of drug-likeness (QED) is 0.139. The van der Waals surface area contributed by atoms with Crippen LogP contribution in [0.25, 0.3) is 0 Å². The van der Waals surface area contributed by atoms with E-state index in [9.17, 15) is 50.8 Å². The zero-order valence-electron chi connectivity index (χ0n) is 19.5. The first-order valence-electron chi connectivity index (χ1n) is 11.3. The fourth-order valence-electron chi connectivity index (χ4n) is 4.08. The summed E-state index contributed by atoms with van der Waals surface area (Å²) in [5.74, 6) is -0.711. The first-order valence-corrected chi connectivity index (χ1v) is 11.3. The molecule has 0 aromatic carbocycles. The summed E-state index contributed by atoms with van der Waals surface area (Å²) in [7, 11) is 0. The number of aliphatic hydroxyl groups excluding tert-OH is 9. The monoisotopic (exact) mass is 530 g/mol. The number of rotatable bonds is 7. The van der Waals surface area contributed by atoms with Gasteiger partial charge in [0.2, 0.25) is 0 Å². The Bertz CT molecular complexity index is 724. The molecule has 0 amide bonds. The summed E-state index contributed by atoms with van der Waals surface area (Å²) in [6.45, 7) is 1.44. The minimum Gasteiger partial charge on any atom is -0.463 e. The lowest BCUT2D eigenvalue weighted by molar-refractivity contribution is -0.361. The van der Waals surface area contributed by atoms with Crippen molar-refractivity contribution in [2.75, 3.05) is 13.2 Å². The number of carbonyl (C=O) groups is 1. The number of ether oxygens (including phenoxy) is 6. The highest BCUT2D eigenvalue weighted by Gasteiger charge is 2.51. The maximum absolute atomic E-state index is 11.3. The van der Waals surface area contributed by atoms with Gasteiger partial charge in [0, 0.05) is 6.92 Å². The molecule has 36 heavy (non-hydrogen) atoms. The van der Waals surface area contributed by atoms with Crippen LogP contribution < -0.4 is 0 Å². The molecule has 3 aliphatic heterocycles. The molecule has 0 aromatic rings. The number of hydrogen-bond donors (Lipinski definition) is 9. The molecular weight excluding hydrogens is 496 g/mol. The van der Waals surface area contributed by atoms with Crippen LogP contribution >= 0.6 is 0 Å². The van der Waals surface area contributed by atoms with E-state index in [4.69, 9.17) is 28.4 Å². The molecule has 0 saturated carbocycles. The van der Waals surface area contributed by atoms with Gasteiger partial charge in [-0.3, -0.25) is 4.79 Å². The second-order valence-electron chi connectivity index (χ2n) is 8.98. The van der Waals surface area contributed by atoms with Crippen molar-refractivity contribution in [3.63, 3.8) is 0 Å². The molecule has 0 aliphatic carbocycles. The Kier molecular flexibility index (Phi) is 9.97. The third-order valence-corrected chi connectivity index (χ3v) is 6.30. The molecule has 16 heteroatoms. The first-order chi connectivity index (χ1) is 16.8. The predicted molar refractivity (Wildman–Crippen MR) is 109 cm³/mol. The Morgan fingerprint density at radius 1 is 0.667 bits per heavy atom. The standard InChI is InChI=1S/C20H34O16/c1-5-9(22)11(24)15(28)20(33-5)36-17-8(4-31-6(2)21)35-19(16(29)13(17)26)32-3-7-10(23)12(25)14(27)18(30)34-7/h5,7-20,22-30H,3-4H2,1-2H3/t5-,7+,8+,9-,10+,11+,12-,13+,14+,15+,16+,17+,18?,19+,20-/m0/s1. The molecule has 15 atom stereocenters. The van der Waals surface area contributed by atoms with Crippen molar-refractivity contribution in [2.24, 2.45) is 0 Å². The van der Waals surface area contributed by atoms with Crippen molar-refractivity contribution in [2.45, 2.75) is 106 Å². The third kappa shape index (κ3) is 6.30. The number of carbonyl (C=O) groups excluding carboxylic acids is 1. The minimum atomic E-state index is -1.83. The van der Waals surface area contributed by atoms with Crippen LogP contribution in [0.2, 0.25) is 0 Å². The van der Waals surface area contributed by atoms with E-state index in [1.807, 2.05) is 0 Å². The predicted octanol–water partition coefficient (Wildman–Crippen LogP) is -5.97. The second-order valence-corrected chi connectivity index (χ2v) is 8.98. The van der Waals surface area contributed by atoms with E-state index >= 15 is 0 Å². The summed E-state index contributed by atoms with van der Waals surface area (Å²) in [6.07, 6.45) is -23.7.